The number of hydrogen-bond acceptors (Lipinski definition) is 7. The Morgan fingerprint density at radius 2 is 2.15 bits per heavy atom. The van der Waals surface area contributed by atoms with Crippen LogP contribution in [0.2, 0.25) is 0 Å². The number of H-pyrrole nitrogens is 1. The van der Waals surface area contributed by atoms with Gasteiger partial charge in [-0.2, -0.15) is 0 Å². The van der Waals surface area contributed by atoms with E-state index in [1.807, 2.05) is 0 Å². The third-order valence-electron chi connectivity index (χ3n) is 3.39. The van der Waals surface area contributed by atoms with Crippen molar-refractivity contribution in [3.63, 3.8) is 0 Å². The molecule has 3 rings (SSSR count). The molecule has 4 N–H and O–H groups in total. The summed E-state index contributed by atoms with van der Waals surface area (Å²) in [4.78, 5) is 21.9. The quantitative estimate of drug-likeness (QED) is 0.506. The number of ether oxygens (including phenoxy) is 1. The van der Waals surface area contributed by atoms with Crippen molar-refractivity contribution < 1.29 is 20.1 Å². The van der Waals surface area contributed by atoms with Crippen LogP contribution in [0.1, 0.15) is 13.2 Å². The van der Waals surface area contributed by atoms with Crippen LogP contribution in [0.3, 0.4) is 0 Å². The largest absolute Gasteiger partial charge is 0.391 e. The number of nitrogens with zero attached hydrogens (tertiary/aromatic N) is 3. The summed E-state index contributed by atoms with van der Waals surface area (Å²) in [5.41, 5.74) is -0.0663. The van der Waals surface area contributed by atoms with Gasteiger partial charge in [0.05, 0.1) is 18.8 Å². The normalized spacial score (nSPS) is 31.8. The van der Waals surface area contributed by atoms with Gasteiger partial charge in [-0.05, 0) is 6.92 Å². The molecule has 1 aliphatic heterocycles. The number of aliphatic hydroxyl groups is 3. The minimum atomic E-state index is -1.26. The monoisotopic (exact) mass is 282 g/mol. The Kier molecular flexibility index (Phi) is 3.05. The van der Waals surface area contributed by atoms with Gasteiger partial charge in [0.2, 0.25) is 0 Å². The molecule has 0 bridgehead atoms. The topological polar surface area (TPSA) is 133 Å². The summed E-state index contributed by atoms with van der Waals surface area (Å²) in [5.74, 6) is 0. The zero-order valence-electron chi connectivity index (χ0n) is 10.5. The van der Waals surface area contributed by atoms with Crippen LogP contribution in [0.15, 0.2) is 17.4 Å². The van der Waals surface area contributed by atoms with Gasteiger partial charge >= 0.3 is 0 Å². The predicted octanol–water partition coefficient (Wildman–Crippen LogP) is -1.88. The molecule has 1 saturated heterocycles. The third-order valence-corrected chi connectivity index (χ3v) is 3.39. The van der Waals surface area contributed by atoms with Crippen molar-refractivity contribution in [3.8, 4) is 0 Å². The molecule has 0 unspecified atom stereocenters. The second-order valence-electron chi connectivity index (χ2n) is 4.77. The molecule has 1 aliphatic rings. The minimum absolute atomic E-state index is 0.110. The Morgan fingerprint density at radius 3 is 2.80 bits per heavy atom. The molecule has 9 nitrogen and oxygen atoms in total. The van der Waals surface area contributed by atoms with Crippen molar-refractivity contribution in [1.29, 1.82) is 0 Å². The molecular weight excluding hydrogens is 268 g/mol. The van der Waals surface area contributed by atoms with Gasteiger partial charge in [0.1, 0.15) is 18.3 Å². The van der Waals surface area contributed by atoms with Gasteiger partial charge in [0.25, 0.3) is 5.56 Å². The maximum Gasteiger partial charge on any atom is 0.278 e. The fourth-order valence-corrected chi connectivity index (χ4v) is 2.36. The smallest absolute Gasteiger partial charge is 0.278 e. The van der Waals surface area contributed by atoms with Crippen molar-refractivity contribution in [2.24, 2.45) is 0 Å². The number of fused-ring (bicyclic) bond motifs is 1. The molecule has 2 aromatic rings. The summed E-state index contributed by atoms with van der Waals surface area (Å²) in [5, 5.41) is 29.4. The van der Waals surface area contributed by atoms with Gasteiger partial charge in [0.15, 0.2) is 17.4 Å². The molecule has 0 spiro atoms. The predicted molar refractivity (Wildman–Crippen MR) is 65.8 cm³/mol. The molecule has 108 valence electrons. The number of hydrogen-bond donors (Lipinski definition) is 4. The Morgan fingerprint density at radius 1 is 1.40 bits per heavy atom. The zero-order valence-corrected chi connectivity index (χ0v) is 10.5. The lowest BCUT2D eigenvalue weighted by atomic mass is 10.1. The maximum atomic E-state index is 11.6. The van der Waals surface area contributed by atoms with E-state index in [-0.39, 0.29) is 11.2 Å². The summed E-state index contributed by atoms with van der Waals surface area (Å²) in [6.07, 6.45) is -2.81. The molecule has 0 radical (unpaired) electrons. The van der Waals surface area contributed by atoms with E-state index in [9.17, 15) is 20.1 Å². The highest BCUT2D eigenvalue weighted by Gasteiger charge is 2.46. The van der Waals surface area contributed by atoms with Crippen LogP contribution in [0.25, 0.3) is 11.2 Å². The molecule has 0 saturated carbocycles. The molecule has 5 atom stereocenters. The van der Waals surface area contributed by atoms with Crippen molar-refractivity contribution in [3.05, 3.63) is 23.0 Å². The maximum absolute atomic E-state index is 11.6. The molecule has 9 heteroatoms. The second kappa shape index (κ2) is 4.63. The molecule has 0 aliphatic carbocycles. The van der Waals surface area contributed by atoms with Crippen LogP contribution in [0.5, 0.6) is 0 Å². The van der Waals surface area contributed by atoms with E-state index in [4.69, 9.17) is 4.74 Å². The number of aliphatic hydroxyl groups excluding tert-OH is 3. The van der Waals surface area contributed by atoms with Crippen LogP contribution in [0.4, 0.5) is 0 Å². The van der Waals surface area contributed by atoms with Crippen molar-refractivity contribution in [2.75, 3.05) is 0 Å². The number of nitrogens with one attached hydrogen (secondary N) is 1. The van der Waals surface area contributed by atoms with Gasteiger partial charge in [-0.25, -0.2) is 9.97 Å². The highest BCUT2D eigenvalue weighted by atomic mass is 16.6. The van der Waals surface area contributed by atoms with E-state index in [0.29, 0.717) is 0 Å². The van der Waals surface area contributed by atoms with Crippen molar-refractivity contribution in [2.45, 2.75) is 37.6 Å². The summed E-state index contributed by atoms with van der Waals surface area (Å²) < 4.78 is 6.82. The number of aromatic nitrogens is 4. The summed E-state index contributed by atoms with van der Waals surface area (Å²) in [7, 11) is 0. The molecule has 0 aromatic carbocycles. The van der Waals surface area contributed by atoms with Gasteiger partial charge in [0, 0.05) is 0 Å². The Labute approximate surface area is 112 Å². The van der Waals surface area contributed by atoms with E-state index in [1.165, 1.54) is 24.1 Å². The number of rotatable bonds is 2. The first-order chi connectivity index (χ1) is 9.50. The molecular formula is C11H14N4O5. The summed E-state index contributed by atoms with van der Waals surface area (Å²) in [6, 6.07) is 0. The highest BCUT2D eigenvalue weighted by Crippen LogP contribution is 2.32. The first-order valence-corrected chi connectivity index (χ1v) is 6.10. The van der Waals surface area contributed by atoms with Crippen LogP contribution >= 0.6 is 0 Å². The van der Waals surface area contributed by atoms with Gasteiger partial charge in [-0.15, -0.1) is 0 Å². The van der Waals surface area contributed by atoms with Crippen LogP contribution < -0.4 is 5.56 Å². The van der Waals surface area contributed by atoms with E-state index in [1.54, 1.807) is 0 Å². The standard InChI is InChI=1S/C11H14N4O5/c1-4(16)8-6(17)7(18)11(20-8)15-3-14-5-9(15)12-2-13-10(5)19/h2-4,6-8,11,16-18H,1H3,(H,12,13,19)/t4-,6-,7+,8-,11-/m0/s1. The fraction of sp³-hybridized carbons (Fsp3) is 0.545. The molecule has 2 aromatic heterocycles. The van der Waals surface area contributed by atoms with Crippen LogP contribution in [0, 0.1) is 0 Å². The SMILES string of the molecule is C[C@H](O)[C@@H]1O[C@H](n2cnc3c(=O)[nH]cnc32)[C@H](O)[C@@H]1O. The Balaban J connectivity index is 2.04. The molecule has 20 heavy (non-hydrogen) atoms. The number of aromatic amines is 1. The zero-order chi connectivity index (χ0) is 14.4. The van der Waals surface area contributed by atoms with E-state index < -0.39 is 36.2 Å². The summed E-state index contributed by atoms with van der Waals surface area (Å²) in [6.45, 7) is 1.46. The lowest BCUT2D eigenvalue weighted by Crippen LogP contribution is -2.37. The average Bonchev–Trinajstić information content (AvgIpc) is 2.94. The van der Waals surface area contributed by atoms with Gasteiger partial charge in [-0.3, -0.25) is 9.36 Å². The number of imidazole rings is 1. The summed E-state index contributed by atoms with van der Waals surface area (Å²) >= 11 is 0. The van der Waals surface area contributed by atoms with Crippen molar-refractivity contribution in [1.82, 2.24) is 19.5 Å². The van der Waals surface area contributed by atoms with E-state index in [0.717, 1.165) is 0 Å². The highest BCUT2D eigenvalue weighted by molar-refractivity contribution is 5.68. The van der Waals surface area contributed by atoms with E-state index in [2.05, 4.69) is 15.0 Å². The second-order valence-corrected chi connectivity index (χ2v) is 4.77. The third kappa shape index (κ3) is 1.83. The molecule has 3 heterocycles. The van der Waals surface area contributed by atoms with Gasteiger partial charge < -0.3 is 25.0 Å². The van der Waals surface area contributed by atoms with Crippen LogP contribution in [-0.2, 0) is 4.74 Å². The first-order valence-electron chi connectivity index (χ1n) is 6.10. The first kappa shape index (κ1) is 13.2. The van der Waals surface area contributed by atoms with Crippen LogP contribution in [-0.4, -0.2) is 59.3 Å². The van der Waals surface area contributed by atoms with E-state index >= 15 is 0 Å². The lowest BCUT2D eigenvalue weighted by Gasteiger charge is -2.17. The fourth-order valence-electron chi connectivity index (χ4n) is 2.36. The lowest BCUT2D eigenvalue weighted by molar-refractivity contribution is -0.0777. The Hall–Kier alpha value is -1.81. The van der Waals surface area contributed by atoms with Gasteiger partial charge in [-0.1, -0.05) is 0 Å². The Bertz CT molecular complexity index is 681. The molecule has 0 amide bonds. The minimum Gasteiger partial charge on any atom is -0.391 e. The average molecular weight is 282 g/mol. The van der Waals surface area contributed by atoms with Crippen molar-refractivity contribution >= 4 is 11.2 Å². The molecule has 1 fully saturated rings.